The number of ketones is 1. The molecule has 35 heavy (non-hydrogen) atoms. The Bertz CT molecular complexity index is 1250. The highest BCUT2D eigenvalue weighted by Crippen LogP contribution is 2.50. The first-order chi connectivity index (χ1) is 16.6. The Morgan fingerprint density at radius 3 is 2.69 bits per heavy atom. The quantitative estimate of drug-likeness (QED) is 0.425. The fraction of sp³-hybridized carbons (Fsp3) is 0.333. The summed E-state index contributed by atoms with van der Waals surface area (Å²) in [4.78, 5) is 26.5. The minimum Gasteiger partial charge on any atom is -0.489 e. The fourth-order valence-electron chi connectivity index (χ4n) is 4.55. The van der Waals surface area contributed by atoms with E-state index < -0.39 is 11.9 Å². The lowest BCUT2D eigenvalue weighted by atomic mass is 9.70. The van der Waals surface area contributed by atoms with E-state index in [9.17, 15) is 9.59 Å². The summed E-state index contributed by atoms with van der Waals surface area (Å²) in [6.07, 6.45) is 0.844. The van der Waals surface area contributed by atoms with E-state index in [2.05, 4.69) is 15.9 Å². The molecule has 1 heterocycles. The molecule has 6 nitrogen and oxygen atoms in total. The molecule has 0 spiro atoms. The van der Waals surface area contributed by atoms with Crippen LogP contribution in [-0.4, -0.2) is 18.4 Å². The highest BCUT2D eigenvalue weighted by molar-refractivity contribution is 9.10. The fourth-order valence-corrected chi connectivity index (χ4v) is 5.12. The molecule has 1 aliphatic carbocycles. The molecule has 2 aliphatic rings. The molecule has 0 saturated carbocycles. The summed E-state index contributed by atoms with van der Waals surface area (Å²) < 4.78 is 18.2. The Morgan fingerprint density at radius 1 is 1.23 bits per heavy atom. The number of benzene rings is 2. The molecule has 0 aromatic heterocycles. The predicted octanol–water partition coefficient (Wildman–Crippen LogP) is 6.17. The molecule has 2 aromatic rings. The second-order valence-corrected chi connectivity index (χ2v) is 10.7. The van der Waals surface area contributed by atoms with Gasteiger partial charge in [0.1, 0.15) is 23.7 Å². The summed E-state index contributed by atoms with van der Waals surface area (Å²) in [7, 11) is 0. The van der Waals surface area contributed by atoms with Gasteiger partial charge in [0.25, 0.3) is 0 Å². The standard InChI is InChI=1S/C27H27BrClNO5/c1-4-33-26(32)24-22(23-19(31)12-27(2,3)13-21(23)35-25(24)30)17-11-16(28)9-10-20(17)34-14-15-7-5-6-8-18(15)29/h5-11,22H,4,12-14,30H2,1-3H3. The van der Waals surface area contributed by atoms with Crippen molar-refractivity contribution in [2.24, 2.45) is 11.1 Å². The van der Waals surface area contributed by atoms with Gasteiger partial charge in [-0.2, -0.15) is 0 Å². The Labute approximate surface area is 218 Å². The van der Waals surface area contributed by atoms with Crippen molar-refractivity contribution in [3.05, 3.63) is 85.9 Å². The highest BCUT2D eigenvalue weighted by atomic mass is 79.9. The van der Waals surface area contributed by atoms with E-state index in [-0.39, 0.29) is 35.9 Å². The number of hydrogen-bond donors (Lipinski definition) is 1. The van der Waals surface area contributed by atoms with Crippen LogP contribution in [0.15, 0.2) is 69.7 Å². The van der Waals surface area contributed by atoms with Gasteiger partial charge in [-0.05, 0) is 36.6 Å². The largest absolute Gasteiger partial charge is 0.489 e. The maximum absolute atomic E-state index is 13.5. The minimum atomic E-state index is -0.792. The lowest BCUT2D eigenvalue weighted by molar-refractivity contribution is -0.139. The molecule has 1 unspecified atom stereocenters. The molecule has 1 aliphatic heterocycles. The average molecular weight is 561 g/mol. The summed E-state index contributed by atoms with van der Waals surface area (Å²) in [5.41, 5.74) is 7.94. The van der Waals surface area contributed by atoms with E-state index in [0.717, 1.165) is 10.0 Å². The minimum absolute atomic E-state index is 0.0604. The second kappa shape index (κ2) is 10.1. The number of Topliss-reactive ketones (excluding diaryl/α,β-unsaturated/α-hetero) is 1. The lowest BCUT2D eigenvalue weighted by Gasteiger charge is -2.38. The molecule has 2 N–H and O–H groups in total. The van der Waals surface area contributed by atoms with Gasteiger partial charge in [-0.1, -0.05) is 59.6 Å². The molecular formula is C27H27BrClNO5. The lowest BCUT2D eigenvalue weighted by Crippen LogP contribution is -2.35. The first-order valence-electron chi connectivity index (χ1n) is 11.4. The van der Waals surface area contributed by atoms with E-state index in [0.29, 0.717) is 40.5 Å². The van der Waals surface area contributed by atoms with Crippen LogP contribution in [0.1, 0.15) is 50.7 Å². The SMILES string of the molecule is CCOC(=O)C1=C(N)OC2=C(C(=O)CC(C)(C)C2)C1c1cc(Br)ccc1OCc1ccccc1Cl. The van der Waals surface area contributed by atoms with E-state index in [4.69, 9.17) is 31.5 Å². The van der Waals surface area contributed by atoms with Crippen LogP contribution in [-0.2, 0) is 25.7 Å². The normalized spacial score (nSPS) is 19.2. The Hall–Kier alpha value is -2.77. The third-order valence-corrected chi connectivity index (χ3v) is 6.94. The van der Waals surface area contributed by atoms with E-state index in [1.165, 1.54) is 0 Å². The van der Waals surface area contributed by atoms with Crippen molar-refractivity contribution in [1.29, 1.82) is 0 Å². The number of carbonyl (C=O) groups is 2. The van der Waals surface area contributed by atoms with Crippen molar-refractivity contribution < 1.29 is 23.8 Å². The van der Waals surface area contributed by atoms with Gasteiger partial charge < -0.3 is 19.9 Å². The van der Waals surface area contributed by atoms with Gasteiger partial charge in [0.2, 0.25) is 5.88 Å². The van der Waals surface area contributed by atoms with Crippen LogP contribution in [0.5, 0.6) is 5.75 Å². The molecule has 184 valence electrons. The number of rotatable bonds is 6. The molecule has 0 radical (unpaired) electrons. The first kappa shape index (κ1) is 25.3. The number of halogens is 2. The van der Waals surface area contributed by atoms with Crippen LogP contribution >= 0.6 is 27.5 Å². The van der Waals surface area contributed by atoms with Crippen LogP contribution in [0.3, 0.4) is 0 Å². The van der Waals surface area contributed by atoms with Crippen molar-refractivity contribution in [1.82, 2.24) is 0 Å². The van der Waals surface area contributed by atoms with Crippen LogP contribution in [0.4, 0.5) is 0 Å². The van der Waals surface area contributed by atoms with Gasteiger partial charge in [0.05, 0.1) is 12.5 Å². The summed E-state index contributed by atoms with van der Waals surface area (Å²) in [6.45, 7) is 6.08. The number of ether oxygens (including phenoxy) is 3. The molecule has 1 atom stereocenters. The molecule has 8 heteroatoms. The smallest absolute Gasteiger partial charge is 0.340 e. The van der Waals surface area contributed by atoms with E-state index >= 15 is 0 Å². The highest BCUT2D eigenvalue weighted by Gasteiger charge is 2.46. The summed E-state index contributed by atoms with van der Waals surface area (Å²) >= 11 is 9.84. The number of hydrogen-bond acceptors (Lipinski definition) is 6. The first-order valence-corrected chi connectivity index (χ1v) is 12.5. The van der Waals surface area contributed by atoms with Crippen molar-refractivity contribution >= 4 is 39.3 Å². The van der Waals surface area contributed by atoms with Crippen molar-refractivity contribution in [3.8, 4) is 5.75 Å². The van der Waals surface area contributed by atoms with Crippen LogP contribution in [0.25, 0.3) is 0 Å². The maximum Gasteiger partial charge on any atom is 0.340 e. The summed E-state index contributed by atoms with van der Waals surface area (Å²) in [6, 6.07) is 12.9. The second-order valence-electron chi connectivity index (χ2n) is 9.37. The monoisotopic (exact) mass is 559 g/mol. The molecule has 0 saturated heterocycles. The van der Waals surface area contributed by atoms with Crippen molar-refractivity contribution in [2.45, 2.75) is 46.1 Å². The van der Waals surface area contributed by atoms with E-state index in [1.54, 1.807) is 19.1 Å². The molecule has 4 rings (SSSR count). The molecule has 2 aromatic carbocycles. The number of esters is 1. The average Bonchev–Trinajstić information content (AvgIpc) is 2.77. The van der Waals surface area contributed by atoms with Crippen LogP contribution in [0, 0.1) is 5.41 Å². The van der Waals surface area contributed by atoms with Gasteiger partial charge in [0, 0.05) is 39.0 Å². The third kappa shape index (κ3) is 5.26. The molecule has 0 fully saturated rings. The zero-order valence-corrected chi connectivity index (χ0v) is 22.2. The molecule has 0 bridgehead atoms. The Kier molecular flexibility index (Phi) is 7.29. The van der Waals surface area contributed by atoms with Crippen molar-refractivity contribution in [2.75, 3.05) is 6.61 Å². The van der Waals surface area contributed by atoms with Crippen LogP contribution < -0.4 is 10.5 Å². The maximum atomic E-state index is 13.5. The van der Waals surface area contributed by atoms with Crippen LogP contribution in [0.2, 0.25) is 5.02 Å². The number of carbonyl (C=O) groups excluding carboxylic acids is 2. The van der Waals surface area contributed by atoms with E-state index in [1.807, 2.05) is 44.2 Å². The predicted molar refractivity (Wildman–Crippen MR) is 137 cm³/mol. The summed E-state index contributed by atoms with van der Waals surface area (Å²) in [5.74, 6) is -0.586. The molecule has 0 amide bonds. The zero-order chi connectivity index (χ0) is 25.3. The van der Waals surface area contributed by atoms with Crippen molar-refractivity contribution in [3.63, 3.8) is 0 Å². The Balaban J connectivity index is 1.85. The number of allylic oxidation sites excluding steroid dienone is 2. The van der Waals surface area contributed by atoms with Gasteiger partial charge >= 0.3 is 5.97 Å². The Morgan fingerprint density at radius 2 is 1.97 bits per heavy atom. The molecular weight excluding hydrogens is 534 g/mol. The zero-order valence-electron chi connectivity index (χ0n) is 19.8. The van der Waals surface area contributed by atoms with Gasteiger partial charge in [0.15, 0.2) is 5.78 Å². The third-order valence-electron chi connectivity index (χ3n) is 6.07. The van der Waals surface area contributed by atoms with Gasteiger partial charge in [-0.3, -0.25) is 4.79 Å². The number of nitrogens with two attached hydrogens (primary N) is 1. The topological polar surface area (TPSA) is 87.9 Å². The van der Waals surface area contributed by atoms with Gasteiger partial charge in [-0.25, -0.2) is 4.79 Å². The van der Waals surface area contributed by atoms with Gasteiger partial charge in [-0.15, -0.1) is 0 Å². The summed E-state index contributed by atoms with van der Waals surface area (Å²) in [5, 5.41) is 0.586.